The van der Waals surface area contributed by atoms with E-state index in [1.165, 1.54) is 44.9 Å². The molecule has 0 N–H and O–H groups in total. The molecular formula is C9H14N4. The van der Waals surface area contributed by atoms with E-state index in [1.54, 1.807) is 0 Å². The molecule has 1 aliphatic carbocycles. The standard InChI is InChI=1S/C9H14N4/c1-2-4-6-8(5-3-1)9-12-10-7-11-13-9/h7-8H,1-6H2. The largest absolute Gasteiger partial charge is 0.176 e. The molecule has 1 aromatic rings. The van der Waals surface area contributed by atoms with Crippen molar-refractivity contribution >= 4 is 0 Å². The average Bonchev–Trinajstić information content (AvgIpc) is 2.47. The Morgan fingerprint density at radius 1 is 0.923 bits per heavy atom. The molecule has 0 bridgehead atoms. The first-order valence-corrected chi connectivity index (χ1v) is 4.97. The third-order valence-corrected chi connectivity index (χ3v) is 2.64. The van der Waals surface area contributed by atoms with Crippen LogP contribution >= 0.6 is 0 Å². The SMILES string of the molecule is c1nnc(C2CCCCCC2)nn1. The van der Waals surface area contributed by atoms with Crippen LogP contribution in [0.25, 0.3) is 0 Å². The predicted octanol–water partition coefficient (Wildman–Crippen LogP) is 1.70. The maximum atomic E-state index is 4.02. The van der Waals surface area contributed by atoms with E-state index in [4.69, 9.17) is 0 Å². The van der Waals surface area contributed by atoms with Crippen LogP contribution in [-0.4, -0.2) is 20.4 Å². The highest BCUT2D eigenvalue weighted by atomic mass is 15.3. The summed E-state index contributed by atoms with van der Waals surface area (Å²) >= 11 is 0. The summed E-state index contributed by atoms with van der Waals surface area (Å²) in [6.07, 6.45) is 9.08. The van der Waals surface area contributed by atoms with Gasteiger partial charge in [0.1, 0.15) is 0 Å². The minimum atomic E-state index is 0.503. The zero-order valence-corrected chi connectivity index (χ0v) is 7.69. The highest BCUT2D eigenvalue weighted by Gasteiger charge is 2.17. The van der Waals surface area contributed by atoms with E-state index < -0.39 is 0 Å². The van der Waals surface area contributed by atoms with Crippen molar-refractivity contribution in [3.8, 4) is 0 Å². The van der Waals surface area contributed by atoms with Crippen LogP contribution in [0.1, 0.15) is 50.3 Å². The normalized spacial score (nSPS) is 19.7. The van der Waals surface area contributed by atoms with E-state index in [1.807, 2.05) is 0 Å². The molecule has 0 aromatic carbocycles. The average molecular weight is 178 g/mol. The van der Waals surface area contributed by atoms with E-state index in [0.29, 0.717) is 5.92 Å². The van der Waals surface area contributed by atoms with Gasteiger partial charge in [0, 0.05) is 5.92 Å². The maximum Gasteiger partial charge on any atom is 0.176 e. The van der Waals surface area contributed by atoms with E-state index >= 15 is 0 Å². The quantitative estimate of drug-likeness (QED) is 0.614. The van der Waals surface area contributed by atoms with Gasteiger partial charge in [-0.2, -0.15) is 0 Å². The molecule has 0 aliphatic heterocycles. The van der Waals surface area contributed by atoms with Crippen molar-refractivity contribution in [3.05, 3.63) is 12.2 Å². The second-order valence-electron chi connectivity index (χ2n) is 3.59. The molecule has 2 rings (SSSR count). The summed E-state index contributed by atoms with van der Waals surface area (Å²) in [5, 5.41) is 15.6. The van der Waals surface area contributed by atoms with Crippen molar-refractivity contribution in [2.75, 3.05) is 0 Å². The van der Waals surface area contributed by atoms with Gasteiger partial charge in [0.25, 0.3) is 0 Å². The number of nitrogens with zero attached hydrogens (tertiary/aromatic N) is 4. The summed E-state index contributed by atoms with van der Waals surface area (Å²) in [5.74, 6) is 1.34. The van der Waals surface area contributed by atoms with Crippen LogP contribution in [-0.2, 0) is 0 Å². The van der Waals surface area contributed by atoms with Crippen molar-refractivity contribution in [2.45, 2.75) is 44.4 Å². The van der Waals surface area contributed by atoms with Crippen LogP contribution in [0.3, 0.4) is 0 Å². The fraction of sp³-hybridized carbons (Fsp3) is 0.778. The lowest BCUT2D eigenvalue weighted by Gasteiger charge is -2.09. The van der Waals surface area contributed by atoms with E-state index in [0.717, 1.165) is 5.82 Å². The van der Waals surface area contributed by atoms with Crippen LogP contribution in [0.4, 0.5) is 0 Å². The Morgan fingerprint density at radius 2 is 1.54 bits per heavy atom. The second kappa shape index (κ2) is 4.25. The molecule has 1 heterocycles. The molecule has 0 saturated heterocycles. The molecule has 0 atom stereocenters. The van der Waals surface area contributed by atoms with Crippen molar-refractivity contribution in [1.29, 1.82) is 0 Å². The van der Waals surface area contributed by atoms with Gasteiger partial charge in [-0.1, -0.05) is 25.7 Å². The van der Waals surface area contributed by atoms with E-state index in [2.05, 4.69) is 20.4 Å². The van der Waals surface area contributed by atoms with Crippen molar-refractivity contribution < 1.29 is 0 Å². The van der Waals surface area contributed by atoms with Crippen LogP contribution in [0, 0.1) is 0 Å². The van der Waals surface area contributed by atoms with Crippen LogP contribution in [0.5, 0.6) is 0 Å². The second-order valence-corrected chi connectivity index (χ2v) is 3.59. The highest BCUT2D eigenvalue weighted by Crippen LogP contribution is 2.28. The Balaban J connectivity index is 2.06. The van der Waals surface area contributed by atoms with Gasteiger partial charge >= 0.3 is 0 Å². The number of rotatable bonds is 1. The summed E-state index contributed by atoms with van der Waals surface area (Å²) in [6.45, 7) is 0. The zero-order valence-electron chi connectivity index (χ0n) is 7.69. The van der Waals surface area contributed by atoms with E-state index in [-0.39, 0.29) is 0 Å². The van der Waals surface area contributed by atoms with Gasteiger partial charge in [0.2, 0.25) is 0 Å². The summed E-state index contributed by atoms with van der Waals surface area (Å²) in [4.78, 5) is 0. The van der Waals surface area contributed by atoms with Crippen molar-refractivity contribution in [2.24, 2.45) is 0 Å². The first-order valence-electron chi connectivity index (χ1n) is 4.97. The van der Waals surface area contributed by atoms with E-state index in [9.17, 15) is 0 Å². The van der Waals surface area contributed by atoms with Gasteiger partial charge < -0.3 is 0 Å². The third kappa shape index (κ3) is 2.20. The van der Waals surface area contributed by atoms with Gasteiger partial charge in [-0.05, 0) is 12.8 Å². The van der Waals surface area contributed by atoms with Crippen molar-refractivity contribution in [1.82, 2.24) is 20.4 Å². The Hall–Kier alpha value is -1.06. The van der Waals surface area contributed by atoms with Gasteiger partial charge in [-0.15, -0.1) is 20.4 Å². The molecular weight excluding hydrogens is 164 g/mol. The molecule has 0 unspecified atom stereocenters. The predicted molar refractivity (Wildman–Crippen MR) is 48.1 cm³/mol. The number of hydrogen-bond donors (Lipinski definition) is 0. The first kappa shape index (κ1) is 8.53. The number of aromatic nitrogens is 4. The minimum Gasteiger partial charge on any atom is -0.135 e. The molecule has 1 aliphatic rings. The fourth-order valence-corrected chi connectivity index (χ4v) is 1.91. The van der Waals surface area contributed by atoms with Crippen LogP contribution in [0.15, 0.2) is 6.33 Å². The Kier molecular flexibility index (Phi) is 2.79. The summed E-state index contributed by atoms with van der Waals surface area (Å²) in [5.41, 5.74) is 0. The highest BCUT2D eigenvalue weighted by molar-refractivity contribution is 4.91. The lowest BCUT2D eigenvalue weighted by molar-refractivity contribution is 0.538. The van der Waals surface area contributed by atoms with Gasteiger partial charge in [-0.3, -0.25) is 0 Å². The summed E-state index contributed by atoms with van der Waals surface area (Å²) in [6, 6.07) is 0. The molecule has 4 nitrogen and oxygen atoms in total. The summed E-state index contributed by atoms with van der Waals surface area (Å²) < 4.78 is 0. The molecule has 0 amide bonds. The third-order valence-electron chi connectivity index (χ3n) is 2.64. The molecule has 1 aromatic heterocycles. The lowest BCUT2D eigenvalue weighted by atomic mass is 10.00. The molecule has 4 heteroatoms. The monoisotopic (exact) mass is 178 g/mol. The Bertz CT molecular complexity index is 241. The number of hydrogen-bond acceptors (Lipinski definition) is 4. The van der Waals surface area contributed by atoms with Crippen LogP contribution in [0.2, 0.25) is 0 Å². The molecule has 1 fully saturated rings. The topological polar surface area (TPSA) is 51.6 Å². The Labute approximate surface area is 77.8 Å². The Morgan fingerprint density at radius 3 is 2.15 bits per heavy atom. The van der Waals surface area contributed by atoms with Crippen LogP contribution < -0.4 is 0 Å². The van der Waals surface area contributed by atoms with Crippen molar-refractivity contribution in [3.63, 3.8) is 0 Å². The minimum absolute atomic E-state index is 0.503. The molecule has 0 spiro atoms. The lowest BCUT2D eigenvalue weighted by Crippen LogP contribution is -2.05. The van der Waals surface area contributed by atoms with Gasteiger partial charge in [-0.25, -0.2) is 0 Å². The molecule has 1 saturated carbocycles. The molecule has 0 radical (unpaired) electrons. The summed E-state index contributed by atoms with van der Waals surface area (Å²) in [7, 11) is 0. The van der Waals surface area contributed by atoms with Gasteiger partial charge in [0.15, 0.2) is 12.2 Å². The van der Waals surface area contributed by atoms with Gasteiger partial charge in [0.05, 0.1) is 0 Å². The smallest absolute Gasteiger partial charge is 0.135 e. The first-order chi connectivity index (χ1) is 6.47. The zero-order chi connectivity index (χ0) is 8.93. The molecule has 70 valence electrons. The fourth-order valence-electron chi connectivity index (χ4n) is 1.91. The molecule has 13 heavy (non-hydrogen) atoms. The maximum absolute atomic E-state index is 4.02.